The summed E-state index contributed by atoms with van der Waals surface area (Å²) in [5.41, 5.74) is 1.76. The fourth-order valence-electron chi connectivity index (χ4n) is 3.37. The van der Waals surface area contributed by atoms with Crippen molar-refractivity contribution in [3.05, 3.63) is 72.3 Å². The topological polar surface area (TPSA) is 83.9 Å². The number of hydrogen-bond acceptors (Lipinski definition) is 6. The molecule has 3 aromatic heterocycles. The van der Waals surface area contributed by atoms with Crippen LogP contribution in [0.25, 0.3) is 0 Å². The normalized spacial score (nSPS) is 16.7. The van der Waals surface area contributed by atoms with Crippen molar-refractivity contribution in [1.29, 1.82) is 0 Å². The number of anilines is 2. The van der Waals surface area contributed by atoms with Gasteiger partial charge in [-0.3, -0.25) is 4.79 Å². The van der Waals surface area contributed by atoms with Crippen LogP contribution in [0.4, 0.5) is 11.6 Å². The van der Waals surface area contributed by atoms with E-state index in [-0.39, 0.29) is 11.8 Å². The second kappa shape index (κ2) is 7.90. The first-order valence-electron chi connectivity index (χ1n) is 8.99. The molecule has 0 unspecified atom stereocenters. The van der Waals surface area contributed by atoms with E-state index in [4.69, 9.17) is 0 Å². The van der Waals surface area contributed by atoms with Crippen molar-refractivity contribution < 1.29 is 4.79 Å². The van der Waals surface area contributed by atoms with Crippen molar-refractivity contribution in [3.8, 4) is 0 Å². The van der Waals surface area contributed by atoms with Gasteiger partial charge in [-0.05, 0) is 48.7 Å². The van der Waals surface area contributed by atoms with Crippen LogP contribution < -0.4 is 5.32 Å². The smallest absolute Gasteiger partial charge is 0.255 e. The number of likely N-dealkylation sites (tertiary alicyclic amines) is 1. The summed E-state index contributed by atoms with van der Waals surface area (Å²) < 4.78 is 0. The highest BCUT2D eigenvalue weighted by Gasteiger charge is 2.26. The van der Waals surface area contributed by atoms with Gasteiger partial charge in [-0.15, -0.1) is 0 Å². The molecule has 7 nitrogen and oxygen atoms in total. The molecule has 1 fully saturated rings. The van der Waals surface area contributed by atoms with Crippen LogP contribution in [0, 0.1) is 0 Å². The Bertz CT molecular complexity index is 903. The molecule has 27 heavy (non-hydrogen) atoms. The Morgan fingerprint density at radius 2 is 1.96 bits per heavy atom. The average molecular weight is 360 g/mol. The van der Waals surface area contributed by atoms with Crippen molar-refractivity contribution in [2.75, 3.05) is 18.4 Å². The Morgan fingerprint density at radius 1 is 1.04 bits per heavy atom. The van der Waals surface area contributed by atoms with Gasteiger partial charge in [-0.1, -0.05) is 6.07 Å². The first-order valence-corrected chi connectivity index (χ1v) is 8.99. The molecule has 4 rings (SSSR count). The summed E-state index contributed by atoms with van der Waals surface area (Å²) in [6.07, 6.45) is 8.63. The Kier molecular flexibility index (Phi) is 5.00. The molecule has 1 atom stereocenters. The lowest BCUT2D eigenvalue weighted by atomic mass is 9.91. The third-order valence-corrected chi connectivity index (χ3v) is 4.72. The molecular weight excluding hydrogens is 340 g/mol. The molecule has 1 aliphatic heterocycles. The molecule has 4 heterocycles. The van der Waals surface area contributed by atoms with E-state index in [1.54, 1.807) is 24.7 Å². The van der Waals surface area contributed by atoms with Gasteiger partial charge in [0.2, 0.25) is 0 Å². The monoisotopic (exact) mass is 360 g/mol. The van der Waals surface area contributed by atoms with Crippen LogP contribution in [0.3, 0.4) is 0 Å². The quantitative estimate of drug-likeness (QED) is 0.770. The maximum Gasteiger partial charge on any atom is 0.255 e. The molecule has 0 saturated carbocycles. The molecule has 0 bridgehead atoms. The molecule has 3 aromatic rings. The van der Waals surface area contributed by atoms with Crippen LogP contribution >= 0.6 is 0 Å². The first kappa shape index (κ1) is 17.1. The highest BCUT2D eigenvalue weighted by Crippen LogP contribution is 2.29. The van der Waals surface area contributed by atoms with E-state index in [0.717, 1.165) is 31.0 Å². The number of aromatic nitrogens is 4. The molecule has 136 valence electrons. The van der Waals surface area contributed by atoms with E-state index in [1.807, 2.05) is 35.2 Å². The van der Waals surface area contributed by atoms with Crippen LogP contribution in [0.15, 0.2) is 61.2 Å². The zero-order valence-corrected chi connectivity index (χ0v) is 14.8. The fraction of sp³-hybridized carbons (Fsp3) is 0.250. The standard InChI is InChI=1S/C20H20N6O/c27-20(16-7-10-23-24-13-16)26-11-3-4-17(14-26)15-6-9-22-19(12-15)25-18-5-1-2-8-21-18/h1-2,5-10,12-13,17H,3-4,11,14H2,(H,21,22,25)/t17-/m1/s1. The number of hydrogen-bond donors (Lipinski definition) is 1. The van der Waals surface area contributed by atoms with E-state index >= 15 is 0 Å². The van der Waals surface area contributed by atoms with Crippen LogP contribution in [-0.4, -0.2) is 44.1 Å². The minimum atomic E-state index is 0.00971. The SMILES string of the molecule is O=C(c1ccnnc1)N1CCC[C@@H](c2ccnc(Nc3ccccn3)c2)C1. The van der Waals surface area contributed by atoms with Gasteiger partial charge in [0.25, 0.3) is 5.91 Å². The van der Waals surface area contributed by atoms with Gasteiger partial charge in [-0.25, -0.2) is 9.97 Å². The van der Waals surface area contributed by atoms with Crippen LogP contribution in [0.1, 0.15) is 34.7 Å². The van der Waals surface area contributed by atoms with E-state index in [1.165, 1.54) is 11.8 Å². The first-order chi connectivity index (χ1) is 13.3. The lowest BCUT2D eigenvalue weighted by Crippen LogP contribution is -2.39. The van der Waals surface area contributed by atoms with Crippen molar-refractivity contribution in [1.82, 2.24) is 25.1 Å². The van der Waals surface area contributed by atoms with Crippen molar-refractivity contribution in [3.63, 3.8) is 0 Å². The highest BCUT2D eigenvalue weighted by molar-refractivity contribution is 5.93. The van der Waals surface area contributed by atoms with Gasteiger partial charge in [-0.2, -0.15) is 10.2 Å². The summed E-state index contributed by atoms with van der Waals surface area (Å²) in [7, 11) is 0. The maximum atomic E-state index is 12.7. The lowest BCUT2D eigenvalue weighted by Gasteiger charge is -2.33. The predicted octanol–water partition coefficient (Wildman–Crippen LogP) is 3.03. The third-order valence-electron chi connectivity index (χ3n) is 4.72. The fourth-order valence-corrected chi connectivity index (χ4v) is 3.37. The largest absolute Gasteiger partial charge is 0.338 e. The number of carbonyl (C=O) groups is 1. The van der Waals surface area contributed by atoms with E-state index < -0.39 is 0 Å². The number of piperidine rings is 1. The van der Waals surface area contributed by atoms with Crippen LogP contribution in [-0.2, 0) is 0 Å². The highest BCUT2D eigenvalue weighted by atomic mass is 16.2. The maximum absolute atomic E-state index is 12.7. The molecule has 7 heteroatoms. The molecule has 1 aliphatic rings. The van der Waals surface area contributed by atoms with E-state index in [9.17, 15) is 4.79 Å². The average Bonchev–Trinajstić information content (AvgIpc) is 2.75. The summed E-state index contributed by atoms with van der Waals surface area (Å²) in [4.78, 5) is 23.3. The Balaban J connectivity index is 1.48. The number of rotatable bonds is 4. The van der Waals surface area contributed by atoms with Gasteiger partial charge >= 0.3 is 0 Å². The van der Waals surface area contributed by atoms with Gasteiger partial charge in [0.15, 0.2) is 0 Å². The Hall–Kier alpha value is -3.35. The summed E-state index contributed by atoms with van der Waals surface area (Å²) in [5, 5.41) is 10.8. The molecule has 1 N–H and O–H groups in total. The van der Waals surface area contributed by atoms with Crippen molar-refractivity contribution in [2.45, 2.75) is 18.8 Å². The zero-order valence-electron chi connectivity index (χ0n) is 14.8. The second-order valence-corrected chi connectivity index (χ2v) is 6.54. The van der Waals surface area contributed by atoms with Crippen LogP contribution in [0.5, 0.6) is 0 Å². The second-order valence-electron chi connectivity index (χ2n) is 6.54. The van der Waals surface area contributed by atoms with Crippen molar-refractivity contribution in [2.24, 2.45) is 0 Å². The zero-order chi connectivity index (χ0) is 18.5. The number of carbonyl (C=O) groups excluding carboxylic acids is 1. The lowest BCUT2D eigenvalue weighted by molar-refractivity contribution is 0.0706. The Labute approximate surface area is 157 Å². The summed E-state index contributed by atoms with van der Waals surface area (Å²) in [5.74, 6) is 1.81. The van der Waals surface area contributed by atoms with Crippen molar-refractivity contribution >= 4 is 17.5 Å². The molecule has 0 radical (unpaired) electrons. The summed E-state index contributed by atoms with van der Waals surface area (Å²) in [6.45, 7) is 1.45. The van der Waals surface area contributed by atoms with Gasteiger partial charge in [0.1, 0.15) is 11.6 Å². The molecule has 0 spiro atoms. The molecule has 0 aromatic carbocycles. The Morgan fingerprint density at radius 3 is 2.78 bits per heavy atom. The molecule has 1 saturated heterocycles. The number of amides is 1. The minimum absolute atomic E-state index is 0.00971. The van der Waals surface area contributed by atoms with Gasteiger partial charge < -0.3 is 10.2 Å². The van der Waals surface area contributed by atoms with Gasteiger partial charge in [0, 0.05) is 31.4 Å². The van der Waals surface area contributed by atoms with Crippen LogP contribution in [0.2, 0.25) is 0 Å². The number of pyridine rings is 2. The summed E-state index contributed by atoms with van der Waals surface area (Å²) in [6, 6.07) is 11.5. The molecule has 1 amide bonds. The minimum Gasteiger partial charge on any atom is -0.338 e. The summed E-state index contributed by atoms with van der Waals surface area (Å²) >= 11 is 0. The van der Waals surface area contributed by atoms with E-state index in [0.29, 0.717) is 12.1 Å². The predicted molar refractivity (Wildman–Crippen MR) is 102 cm³/mol. The number of nitrogens with zero attached hydrogens (tertiary/aromatic N) is 5. The number of nitrogens with one attached hydrogen (secondary N) is 1. The third kappa shape index (κ3) is 4.08. The molecular formula is C20H20N6O. The van der Waals surface area contributed by atoms with E-state index in [2.05, 4.69) is 25.5 Å². The molecule has 0 aliphatic carbocycles. The van der Waals surface area contributed by atoms with Gasteiger partial charge in [0.05, 0.1) is 18.0 Å².